The van der Waals surface area contributed by atoms with Crippen LogP contribution >= 0.6 is 0 Å². The van der Waals surface area contributed by atoms with Crippen LogP contribution in [0.4, 0.5) is 4.79 Å². The molecule has 1 heterocycles. The molecule has 0 bridgehead atoms. The molecule has 2 unspecified atom stereocenters. The van der Waals surface area contributed by atoms with Crippen molar-refractivity contribution in [3.8, 4) is 0 Å². The van der Waals surface area contributed by atoms with Crippen molar-refractivity contribution >= 4 is 6.09 Å². The average molecular weight is 248 g/mol. The van der Waals surface area contributed by atoms with Crippen LogP contribution in [0.25, 0.3) is 0 Å². The molecule has 1 aliphatic heterocycles. The molecule has 4 nitrogen and oxygen atoms in total. The van der Waals surface area contributed by atoms with Gasteiger partial charge in [-0.2, -0.15) is 0 Å². The molecule has 0 aliphatic carbocycles. The second kappa shape index (κ2) is 4.98. The topological polar surface area (TPSA) is 55.6 Å². The Hall–Kier alpha value is -1.55. The second-order valence-corrected chi connectivity index (χ2v) is 5.07. The lowest BCUT2D eigenvalue weighted by atomic mass is 10.0. The van der Waals surface area contributed by atoms with Gasteiger partial charge in [-0.05, 0) is 26.0 Å². The maximum Gasteiger partial charge on any atom is 0.411 e. The summed E-state index contributed by atoms with van der Waals surface area (Å²) in [4.78, 5) is 13.7. The summed E-state index contributed by atoms with van der Waals surface area (Å²) in [5, 5.41) is 0. The molecule has 0 aromatic heterocycles. The summed E-state index contributed by atoms with van der Waals surface area (Å²) in [6.07, 6.45) is 0.443. The third-order valence-corrected chi connectivity index (χ3v) is 3.50. The molecular formula is C14H20N2O2. The number of benzene rings is 1. The fraction of sp³-hybridized carbons (Fsp3) is 0.500. The van der Waals surface area contributed by atoms with Crippen molar-refractivity contribution in [1.82, 2.24) is 4.90 Å². The van der Waals surface area contributed by atoms with E-state index in [-0.39, 0.29) is 12.1 Å². The molecule has 2 atom stereocenters. The zero-order valence-corrected chi connectivity index (χ0v) is 10.9. The summed E-state index contributed by atoms with van der Waals surface area (Å²) < 4.78 is 5.45. The van der Waals surface area contributed by atoms with Crippen LogP contribution in [0.5, 0.6) is 0 Å². The van der Waals surface area contributed by atoms with Crippen molar-refractivity contribution in [3.05, 3.63) is 35.9 Å². The molecule has 0 radical (unpaired) electrons. The molecule has 1 aromatic rings. The molecule has 4 heteroatoms. The van der Waals surface area contributed by atoms with E-state index in [0.717, 1.165) is 5.56 Å². The SMILES string of the molecule is CC(c1ccccc1)N1CC(C)(CCN)OC1=O. The first-order valence-corrected chi connectivity index (χ1v) is 6.30. The maximum absolute atomic E-state index is 11.9. The molecule has 1 amide bonds. The monoisotopic (exact) mass is 248 g/mol. The van der Waals surface area contributed by atoms with Crippen molar-refractivity contribution in [2.45, 2.75) is 31.9 Å². The molecule has 1 aliphatic rings. The molecule has 98 valence electrons. The Morgan fingerprint density at radius 3 is 2.72 bits per heavy atom. The van der Waals surface area contributed by atoms with Gasteiger partial charge in [0.1, 0.15) is 5.60 Å². The number of ether oxygens (including phenoxy) is 1. The smallest absolute Gasteiger partial charge is 0.411 e. The van der Waals surface area contributed by atoms with E-state index in [1.54, 1.807) is 4.90 Å². The fourth-order valence-electron chi connectivity index (χ4n) is 2.37. The van der Waals surface area contributed by atoms with E-state index < -0.39 is 5.60 Å². The van der Waals surface area contributed by atoms with Crippen molar-refractivity contribution in [1.29, 1.82) is 0 Å². The maximum atomic E-state index is 11.9. The van der Waals surface area contributed by atoms with E-state index >= 15 is 0 Å². The number of carbonyl (C=O) groups is 1. The highest BCUT2D eigenvalue weighted by atomic mass is 16.6. The minimum Gasteiger partial charge on any atom is -0.441 e. The van der Waals surface area contributed by atoms with Gasteiger partial charge in [0.2, 0.25) is 0 Å². The van der Waals surface area contributed by atoms with Crippen LogP contribution in [0, 0.1) is 0 Å². The zero-order chi connectivity index (χ0) is 13.2. The van der Waals surface area contributed by atoms with E-state index in [0.29, 0.717) is 19.5 Å². The molecule has 1 aromatic carbocycles. The predicted molar refractivity (Wildman–Crippen MR) is 70.1 cm³/mol. The van der Waals surface area contributed by atoms with E-state index in [2.05, 4.69) is 0 Å². The van der Waals surface area contributed by atoms with Gasteiger partial charge >= 0.3 is 6.09 Å². The van der Waals surface area contributed by atoms with Gasteiger partial charge in [-0.15, -0.1) is 0 Å². The predicted octanol–water partition coefficient (Wildman–Crippen LogP) is 2.31. The Kier molecular flexibility index (Phi) is 3.57. The van der Waals surface area contributed by atoms with Crippen LogP contribution in [0.3, 0.4) is 0 Å². The number of cyclic esters (lactones) is 1. The van der Waals surface area contributed by atoms with Crippen LogP contribution in [0.2, 0.25) is 0 Å². The van der Waals surface area contributed by atoms with Crippen molar-refractivity contribution < 1.29 is 9.53 Å². The number of hydrogen-bond donors (Lipinski definition) is 1. The Bertz CT molecular complexity index is 421. The molecule has 1 fully saturated rings. The Morgan fingerprint density at radius 2 is 2.11 bits per heavy atom. The standard InChI is InChI=1S/C14H20N2O2/c1-11(12-6-4-3-5-7-12)16-10-14(2,8-9-15)18-13(16)17/h3-7,11H,8-10,15H2,1-2H3. The van der Waals surface area contributed by atoms with Crippen molar-refractivity contribution in [2.24, 2.45) is 5.73 Å². The summed E-state index contributed by atoms with van der Waals surface area (Å²) >= 11 is 0. The number of hydrogen-bond acceptors (Lipinski definition) is 3. The average Bonchev–Trinajstić information content (AvgIpc) is 2.65. The Labute approximate surface area is 108 Å². The van der Waals surface area contributed by atoms with Crippen LogP contribution in [-0.2, 0) is 4.74 Å². The zero-order valence-electron chi connectivity index (χ0n) is 10.9. The van der Waals surface area contributed by atoms with Crippen molar-refractivity contribution in [3.63, 3.8) is 0 Å². The number of rotatable bonds is 4. The highest BCUT2D eigenvalue weighted by molar-refractivity contribution is 5.71. The van der Waals surface area contributed by atoms with Crippen LogP contribution < -0.4 is 5.73 Å². The lowest BCUT2D eigenvalue weighted by Gasteiger charge is -2.24. The highest BCUT2D eigenvalue weighted by Crippen LogP contribution is 2.32. The molecule has 0 spiro atoms. The largest absolute Gasteiger partial charge is 0.441 e. The van der Waals surface area contributed by atoms with Crippen LogP contribution in [0.1, 0.15) is 31.9 Å². The second-order valence-electron chi connectivity index (χ2n) is 5.07. The summed E-state index contributed by atoms with van der Waals surface area (Å²) in [6, 6.07) is 10.0. The Morgan fingerprint density at radius 1 is 1.44 bits per heavy atom. The van der Waals surface area contributed by atoms with Gasteiger partial charge in [0.25, 0.3) is 0 Å². The minimum absolute atomic E-state index is 0.0262. The van der Waals surface area contributed by atoms with Crippen LogP contribution in [0.15, 0.2) is 30.3 Å². The third kappa shape index (κ3) is 2.48. The van der Waals surface area contributed by atoms with E-state index in [1.807, 2.05) is 44.2 Å². The van der Waals surface area contributed by atoms with E-state index in [1.165, 1.54) is 0 Å². The molecule has 2 N–H and O–H groups in total. The molecule has 0 saturated carbocycles. The van der Waals surface area contributed by atoms with E-state index in [4.69, 9.17) is 10.5 Å². The molecule has 18 heavy (non-hydrogen) atoms. The van der Waals surface area contributed by atoms with Gasteiger partial charge in [0.15, 0.2) is 0 Å². The van der Waals surface area contributed by atoms with Gasteiger partial charge in [0, 0.05) is 6.42 Å². The van der Waals surface area contributed by atoms with Gasteiger partial charge in [-0.1, -0.05) is 30.3 Å². The molecular weight excluding hydrogens is 228 g/mol. The fourth-order valence-corrected chi connectivity index (χ4v) is 2.37. The molecule has 1 saturated heterocycles. The summed E-state index contributed by atoms with van der Waals surface area (Å²) in [5.74, 6) is 0. The van der Waals surface area contributed by atoms with Gasteiger partial charge < -0.3 is 10.5 Å². The number of nitrogens with zero attached hydrogens (tertiary/aromatic N) is 1. The van der Waals surface area contributed by atoms with Gasteiger partial charge in [-0.3, -0.25) is 4.90 Å². The lowest BCUT2D eigenvalue weighted by Crippen LogP contribution is -2.34. The lowest BCUT2D eigenvalue weighted by molar-refractivity contribution is 0.0668. The molecule has 2 rings (SSSR count). The van der Waals surface area contributed by atoms with Gasteiger partial charge in [0.05, 0.1) is 12.6 Å². The number of carbonyl (C=O) groups excluding carboxylic acids is 1. The highest BCUT2D eigenvalue weighted by Gasteiger charge is 2.42. The third-order valence-electron chi connectivity index (χ3n) is 3.50. The first-order chi connectivity index (χ1) is 8.56. The number of amides is 1. The van der Waals surface area contributed by atoms with E-state index in [9.17, 15) is 4.79 Å². The first kappa shape index (κ1) is 12.9. The summed E-state index contributed by atoms with van der Waals surface area (Å²) in [5.41, 5.74) is 6.23. The normalized spacial score (nSPS) is 25.1. The minimum atomic E-state index is -0.450. The quantitative estimate of drug-likeness (QED) is 0.889. The summed E-state index contributed by atoms with van der Waals surface area (Å²) in [7, 11) is 0. The van der Waals surface area contributed by atoms with Crippen molar-refractivity contribution in [2.75, 3.05) is 13.1 Å². The van der Waals surface area contributed by atoms with Gasteiger partial charge in [-0.25, -0.2) is 4.79 Å². The number of nitrogens with two attached hydrogens (primary N) is 1. The summed E-state index contributed by atoms with van der Waals surface area (Å²) in [6.45, 7) is 5.08. The first-order valence-electron chi connectivity index (χ1n) is 6.30. The van der Waals surface area contributed by atoms with Crippen LogP contribution in [-0.4, -0.2) is 29.7 Å². The Balaban J connectivity index is 2.13.